The molecule has 4 nitrogen and oxygen atoms in total. The van der Waals surface area contributed by atoms with Gasteiger partial charge in [-0.1, -0.05) is 37.6 Å². The summed E-state index contributed by atoms with van der Waals surface area (Å²) in [6.45, 7) is 7.21. The average Bonchev–Trinajstić information content (AvgIpc) is 2.63. The second-order valence-corrected chi connectivity index (χ2v) is 6.92. The van der Waals surface area contributed by atoms with Crippen LogP contribution in [0.2, 0.25) is 5.02 Å². The monoisotopic (exact) mass is 391 g/mol. The Morgan fingerprint density at radius 2 is 2.04 bits per heavy atom. The molecule has 6 heteroatoms. The molecule has 2 unspecified atom stereocenters. The first kappa shape index (κ1) is 21.3. The molecule has 0 bridgehead atoms. The highest BCUT2D eigenvalue weighted by molar-refractivity contribution is 6.34. The van der Waals surface area contributed by atoms with Crippen LogP contribution < -0.4 is 10.6 Å². The van der Waals surface area contributed by atoms with Gasteiger partial charge in [0, 0.05) is 11.7 Å². The Bertz CT molecular complexity index is 749. The lowest BCUT2D eigenvalue weighted by atomic mass is 9.89. The number of pyridine rings is 1. The van der Waals surface area contributed by atoms with Gasteiger partial charge in [-0.05, 0) is 62.9 Å². The van der Waals surface area contributed by atoms with Crippen molar-refractivity contribution in [1.29, 1.82) is 0 Å². The van der Waals surface area contributed by atoms with Gasteiger partial charge in [0.05, 0.1) is 10.6 Å². The van der Waals surface area contributed by atoms with Crippen LogP contribution >= 0.6 is 11.6 Å². The smallest absolute Gasteiger partial charge is 0.261 e. The number of hydrogen-bond acceptors (Lipinski definition) is 3. The highest BCUT2D eigenvalue weighted by atomic mass is 35.5. The maximum Gasteiger partial charge on any atom is 0.261 e. The van der Waals surface area contributed by atoms with E-state index in [4.69, 9.17) is 11.6 Å². The van der Waals surface area contributed by atoms with Crippen molar-refractivity contribution < 1.29 is 9.18 Å². The standard InChI is InChI=1S/C19H21ClFN3O.C2H6/c1-12-10-13(8-9-22-12)11-14-4-2-7-17(23-14)24-19(25)18-15(20)5-3-6-16(18)21;1-2/h2-7,12-13,22H,8-11H2,1H3,(H,23,24,25);1-2H3. The fourth-order valence-corrected chi connectivity index (χ4v) is 3.52. The molecule has 1 aromatic carbocycles. The molecule has 0 radical (unpaired) electrons. The summed E-state index contributed by atoms with van der Waals surface area (Å²) >= 11 is 5.94. The first-order valence-corrected chi connectivity index (χ1v) is 9.85. The Morgan fingerprint density at radius 1 is 1.30 bits per heavy atom. The van der Waals surface area contributed by atoms with Gasteiger partial charge in [-0.2, -0.15) is 0 Å². The number of aromatic nitrogens is 1. The van der Waals surface area contributed by atoms with Gasteiger partial charge in [0.15, 0.2) is 0 Å². The van der Waals surface area contributed by atoms with Crippen LogP contribution in [0.25, 0.3) is 0 Å². The van der Waals surface area contributed by atoms with E-state index in [9.17, 15) is 9.18 Å². The number of carbonyl (C=O) groups excluding carboxylic acids is 1. The van der Waals surface area contributed by atoms with Gasteiger partial charge >= 0.3 is 0 Å². The molecule has 3 rings (SSSR count). The van der Waals surface area contributed by atoms with E-state index in [1.165, 1.54) is 18.2 Å². The number of nitrogens with one attached hydrogen (secondary N) is 2. The van der Waals surface area contributed by atoms with Crippen LogP contribution in [0, 0.1) is 11.7 Å². The molecular formula is C21H27ClFN3O. The largest absolute Gasteiger partial charge is 0.314 e. The number of carbonyl (C=O) groups is 1. The van der Waals surface area contributed by atoms with Gasteiger partial charge in [0.1, 0.15) is 11.6 Å². The molecule has 1 amide bonds. The Kier molecular flexibility index (Phi) is 8.20. The number of piperidine rings is 1. The molecule has 146 valence electrons. The molecule has 1 aliphatic rings. The van der Waals surface area contributed by atoms with Crippen LogP contribution in [0.15, 0.2) is 36.4 Å². The summed E-state index contributed by atoms with van der Waals surface area (Å²) < 4.78 is 13.9. The first-order valence-electron chi connectivity index (χ1n) is 9.47. The fraction of sp³-hybridized carbons (Fsp3) is 0.429. The molecule has 2 N–H and O–H groups in total. The van der Waals surface area contributed by atoms with E-state index < -0.39 is 11.7 Å². The van der Waals surface area contributed by atoms with E-state index in [0.717, 1.165) is 31.5 Å². The van der Waals surface area contributed by atoms with Crippen molar-refractivity contribution in [1.82, 2.24) is 10.3 Å². The number of amides is 1. The molecular weight excluding hydrogens is 365 g/mol. The maximum absolute atomic E-state index is 13.9. The number of anilines is 1. The van der Waals surface area contributed by atoms with Crippen LogP contribution in [0.3, 0.4) is 0 Å². The van der Waals surface area contributed by atoms with Crippen LogP contribution in [-0.2, 0) is 6.42 Å². The Balaban J connectivity index is 0.00000126. The van der Waals surface area contributed by atoms with E-state index in [2.05, 4.69) is 22.5 Å². The SMILES string of the molecule is CC.CC1CC(Cc2cccc(NC(=O)c3c(F)cccc3Cl)n2)CCN1. The van der Waals surface area contributed by atoms with Crippen molar-refractivity contribution in [2.45, 2.75) is 46.1 Å². The zero-order valence-corrected chi connectivity index (χ0v) is 16.8. The molecule has 2 heterocycles. The van der Waals surface area contributed by atoms with E-state index in [-0.39, 0.29) is 10.6 Å². The van der Waals surface area contributed by atoms with Crippen molar-refractivity contribution in [3.05, 3.63) is 58.5 Å². The molecule has 1 saturated heterocycles. The maximum atomic E-state index is 13.9. The van der Waals surface area contributed by atoms with Crippen molar-refractivity contribution >= 4 is 23.3 Å². The third-order valence-electron chi connectivity index (χ3n) is 4.47. The quantitative estimate of drug-likeness (QED) is 0.763. The molecule has 2 atom stereocenters. The van der Waals surface area contributed by atoms with Crippen LogP contribution in [0.5, 0.6) is 0 Å². The second-order valence-electron chi connectivity index (χ2n) is 6.51. The topological polar surface area (TPSA) is 54.0 Å². The molecule has 0 spiro atoms. The van der Waals surface area contributed by atoms with E-state index >= 15 is 0 Å². The Hall–Kier alpha value is -1.98. The third-order valence-corrected chi connectivity index (χ3v) is 4.78. The minimum atomic E-state index is -0.648. The van der Waals surface area contributed by atoms with Crippen molar-refractivity contribution in [3.63, 3.8) is 0 Å². The van der Waals surface area contributed by atoms with Crippen LogP contribution in [-0.4, -0.2) is 23.5 Å². The Morgan fingerprint density at radius 3 is 2.74 bits per heavy atom. The normalized spacial score (nSPS) is 19.0. The molecule has 0 aliphatic carbocycles. The molecule has 0 saturated carbocycles. The lowest BCUT2D eigenvalue weighted by molar-refractivity contribution is 0.102. The minimum Gasteiger partial charge on any atom is -0.314 e. The van der Waals surface area contributed by atoms with Crippen LogP contribution in [0.4, 0.5) is 10.2 Å². The zero-order valence-electron chi connectivity index (χ0n) is 16.1. The molecule has 1 fully saturated rings. The van der Waals surface area contributed by atoms with Crippen molar-refractivity contribution in [3.8, 4) is 0 Å². The summed E-state index contributed by atoms with van der Waals surface area (Å²) in [6, 6.07) is 10.2. The zero-order chi connectivity index (χ0) is 19.8. The summed E-state index contributed by atoms with van der Waals surface area (Å²) in [5.74, 6) is -0.257. The van der Waals surface area contributed by atoms with E-state index in [1.54, 1.807) is 6.07 Å². The summed E-state index contributed by atoms with van der Waals surface area (Å²) in [5.41, 5.74) is 0.764. The van der Waals surface area contributed by atoms with Gasteiger partial charge < -0.3 is 10.6 Å². The summed E-state index contributed by atoms with van der Waals surface area (Å²) in [6.07, 6.45) is 3.10. The fourth-order valence-electron chi connectivity index (χ4n) is 3.27. The summed E-state index contributed by atoms with van der Waals surface area (Å²) in [4.78, 5) is 16.8. The van der Waals surface area contributed by atoms with Gasteiger partial charge in [0.2, 0.25) is 0 Å². The second kappa shape index (κ2) is 10.4. The molecule has 1 aliphatic heterocycles. The number of hydrogen-bond donors (Lipinski definition) is 2. The van der Waals surface area contributed by atoms with Crippen LogP contribution in [0.1, 0.15) is 49.7 Å². The number of benzene rings is 1. The number of rotatable bonds is 4. The third kappa shape index (κ3) is 6.01. The first-order chi connectivity index (χ1) is 13.0. The van der Waals surface area contributed by atoms with Gasteiger partial charge in [-0.3, -0.25) is 4.79 Å². The molecule has 1 aromatic heterocycles. The van der Waals surface area contributed by atoms with Gasteiger partial charge in [-0.15, -0.1) is 0 Å². The molecule has 2 aromatic rings. The average molecular weight is 392 g/mol. The Labute approximate surface area is 165 Å². The number of nitrogens with zero attached hydrogens (tertiary/aromatic N) is 1. The lowest BCUT2D eigenvalue weighted by Gasteiger charge is -2.27. The molecule has 27 heavy (non-hydrogen) atoms. The van der Waals surface area contributed by atoms with E-state index in [1.807, 2.05) is 26.0 Å². The summed E-state index contributed by atoms with van der Waals surface area (Å²) in [5, 5.41) is 6.16. The highest BCUT2D eigenvalue weighted by Gasteiger charge is 2.20. The summed E-state index contributed by atoms with van der Waals surface area (Å²) in [7, 11) is 0. The van der Waals surface area contributed by atoms with Gasteiger partial charge in [0.25, 0.3) is 5.91 Å². The predicted molar refractivity (Wildman–Crippen MR) is 109 cm³/mol. The lowest BCUT2D eigenvalue weighted by Crippen LogP contribution is -2.36. The van der Waals surface area contributed by atoms with Gasteiger partial charge in [-0.25, -0.2) is 9.37 Å². The van der Waals surface area contributed by atoms with Crippen molar-refractivity contribution in [2.75, 3.05) is 11.9 Å². The van der Waals surface area contributed by atoms with Crippen molar-refractivity contribution in [2.24, 2.45) is 5.92 Å². The predicted octanol–water partition coefficient (Wildman–Crippen LogP) is 5.08. The van der Waals surface area contributed by atoms with E-state index in [0.29, 0.717) is 17.8 Å². The highest BCUT2D eigenvalue weighted by Crippen LogP contribution is 2.22. The minimum absolute atomic E-state index is 0.0809. The number of halogens is 2.